The number of sulfonamides is 1. The molecule has 158 valence electrons. The summed E-state index contributed by atoms with van der Waals surface area (Å²) in [6.07, 6.45) is 2.16. The van der Waals surface area contributed by atoms with Gasteiger partial charge in [-0.2, -0.15) is 4.31 Å². The van der Waals surface area contributed by atoms with E-state index in [1.807, 2.05) is 33.8 Å². The SMILES string of the molecule is CCN(CC)C(=O)c1cc(S(=O)(=O)N(CC)CC)ccc1N1CCC(C)CC1. The van der Waals surface area contributed by atoms with Crippen LogP contribution in [0.5, 0.6) is 0 Å². The number of anilines is 1. The lowest BCUT2D eigenvalue weighted by Gasteiger charge is -2.34. The van der Waals surface area contributed by atoms with Crippen molar-refractivity contribution in [3.63, 3.8) is 0 Å². The molecule has 7 heteroatoms. The van der Waals surface area contributed by atoms with E-state index in [0.717, 1.165) is 31.6 Å². The van der Waals surface area contributed by atoms with Crippen molar-refractivity contribution in [2.45, 2.75) is 52.4 Å². The summed E-state index contributed by atoms with van der Waals surface area (Å²) in [5.74, 6) is 0.579. The first-order valence-electron chi connectivity index (χ1n) is 10.5. The lowest BCUT2D eigenvalue weighted by molar-refractivity contribution is 0.0773. The second kappa shape index (κ2) is 9.74. The van der Waals surface area contributed by atoms with Crippen molar-refractivity contribution in [1.29, 1.82) is 0 Å². The van der Waals surface area contributed by atoms with Crippen LogP contribution < -0.4 is 4.90 Å². The van der Waals surface area contributed by atoms with E-state index in [9.17, 15) is 13.2 Å². The third kappa shape index (κ3) is 4.69. The second-order valence-corrected chi connectivity index (χ2v) is 9.35. The molecule has 0 saturated carbocycles. The molecule has 1 aliphatic rings. The maximum absolute atomic E-state index is 13.2. The molecule has 1 aromatic rings. The maximum Gasteiger partial charge on any atom is 0.255 e. The van der Waals surface area contributed by atoms with Gasteiger partial charge in [-0.15, -0.1) is 0 Å². The zero-order valence-corrected chi connectivity index (χ0v) is 18.8. The van der Waals surface area contributed by atoms with Gasteiger partial charge in [-0.05, 0) is 50.8 Å². The first-order valence-corrected chi connectivity index (χ1v) is 11.9. The number of amides is 1. The largest absolute Gasteiger partial charge is 0.371 e. The highest BCUT2D eigenvalue weighted by Crippen LogP contribution is 2.30. The molecule has 1 amide bonds. The fraction of sp³-hybridized carbons (Fsp3) is 0.667. The zero-order valence-electron chi connectivity index (χ0n) is 17.9. The normalized spacial score (nSPS) is 15.9. The molecule has 0 N–H and O–H groups in total. The minimum Gasteiger partial charge on any atom is -0.371 e. The van der Waals surface area contributed by atoms with Gasteiger partial charge >= 0.3 is 0 Å². The van der Waals surface area contributed by atoms with Crippen LogP contribution >= 0.6 is 0 Å². The number of rotatable bonds is 8. The van der Waals surface area contributed by atoms with Crippen LogP contribution in [-0.2, 0) is 10.0 Å². The maximum atomic E-state index is 13.2. The Morgan fingerprint density at radius 3 is 2.11 bits per heavy atom. The van der Waals surface area contributed by atoms with Crippen molar-refractivity contribution in [3.8, 4) is 0 Å². The first-order chi connectivity index (χ1) is 13.3. The van der Waals surface area contributed by atoms with E-state index in [4.69, 9.17) is 0 Å². The van der Waals surface area contributed by atoms with Gasteiger partial charge in [0.1, 0.15) is 0 Å². The molecule has 1 saturated heterocycles. The minimum atomic E-state index is -3.61. The van der Waals surface area contributed by atoms with Gasteiger partial charge in [0, 0.05) is 45.0 Å². The van der Waals surface area contributed by atoms with E-state index in [1.54, 1.807) is 17.0 Å². The summed E-state index contributed by atoms with van der Waals surface area (Å²) >= 11 is 0. The third-order valence-corrected chi connectivity index (χ3v) is 7.76. The van der Waals surface area contributed by atoms with Crippen molar-refractivity contribution in [2.75, 3.05) is 44.2 Å². The summed E-state index contributed by atoms with van der Waals surface area (Å²) in [7, 11) is -3.61. The summed E-state index contributed by atoms with van der Waals surface area (Å²) in [6, 6.07) is 5.06. The smallest absolute Gasteiger partial charge is 0.255 e. The molecular weight excluding hydrogens is 374 g/mol. The van der Waals surface area contributed by atoms with Crippen LogP contribution in [0.4, 0.5) is 5.69 Å². The lowest BCUT2D eigenvalue weighted by Crippen LogP contribution is -2.37. The number of hydrogen-bond donors (Lipinski definition) is 0. The van der Waals surface area contributed by atoms with Crippen LogP contribution in [0.2, 0.25) is 0 Å². The molecule has 0 atom stereocenters. The van der Waals surface area contributed by atoms with Gasteiger partial charge in [-0.3, -0.25) is 4.79 Å². The quantitative estimate of drug-likeness (QED) is 0.660. The third-order valence-electron chi connectivity index (χ3n) is 5.72. The number of piperidine rings is 1. The fourth-order valence-electron chi connectivity index (χ4n) is 3.77. The lowest BCUT2D eigenvalue weighted by atomic mass is 9.98. The van der Waals surface area contributed by atoms with Crippen LogP contribution in [-0.4, -0.2) is 62.8 Å². The van der Waals surface area contributed by atoms with E-state index >= 15 is 0 Å². The molecule has 6 nitrogen and oxygen atoms in total. The Balaban J connectivity index is 2.53. The highest BCUT2D eigenvalue weighted by atomic mass is 32.2. The molecule has 28 heavy (non-hydrogen) atoms. The van der Waals surface area contributed by atoms with Crippen molar-refractivity contribution in [3.05, 3.63) is 23.8 Å². The standard InChI is InChI=1S/C21H35N3O3S/c1-6-22(7-2)21(25)19-16-18(28(26,27)24(8-3)9-4)10-11-20(19)23-14-12-17(5)13-15-23/h10-11,16-17H,6-9,12-15H2,1-5H3. The Labute approximate surface area is 170 Å². The molecule has 0 radical (unpaired) electrons. The van der Waals surface area contributed by atoms with E-state index in [0.29, 0.717) is 37.7 Å². The molecule has 0 aromatic heterocycles. The van der Waals surface area contributed by atoms with Crippen LogP contribution in [0.1, 0.15) is 57.8 Å². The van der Waals surface area contributed by atoms with Crippen LogP contribution in [0.3, 0.4) is 0 Å². The molecule has 0 unspecified atom stereocenters. The average molecular weight is 410 g/mol. The van der Waals surface area contributed by atoms with E-state index < -0.39 is 10.0 Å². The summed E-state index contributed by atoms with van der Waals surface area (Å²) in [5.41, 5.74) is 1.34. The van der Waals surface area contributed by atoms with Crippen LogP contribution in [0, 0.1) is 5.92 Å². The Kier molecular flexibility index (Phi) is 7.89. The zero-order chi connectivity index (χ0) is 20.9. The van der Waals surface area contributed by atoms with Gasteiger partial charge in [-0.1, -0.05) is 20.8 Å². The molecule has 1 aromatic carbocycles. The van der Waals surface area contributed by atoms with Gasteiger partial charge in [0.15, 0.2) is 0 Å². The summed E-state index contributed by atoms with van der Waals surface area (Å²) in [5, 5.41) is 0. The molecule has 1 fully saturated rings. The second-order valence-electron chi connectivity index (χ2n) is 7.42. The molecule has 1 heterocycles. The number of nitrogens with zero attached hydrogens (tertiary/aromatic N) is 3. The molecule has 0 bridgehead atoms. The fourth-order valence-corrected chi connectivity index (χ4v) is 5.25. The van der Waals surface area contributed by atoms with E-state index in [2.05, 4.69) is 11.8 Å². The molecular formula is C21H35N3O3S. The number of carbonyl (C=O) groups is 1. The van der Waals surface area contributed by atoms with Crippen molar-refractivity contribution < 1.29 is 13.2 Å². The Bertz CT molecular complexity index is 763. The minimum absolute atomic E-state index is 0.102. The Morgan fingerprint density at radius 2 is 1.61 bits per heavy atom. The van der Waals surface area contributed by atoms with Crippen LogP contribution in [0.15, 0.2) is 23.1 Å². The van der Waals surface area contributed by atoms with Gasteiger partial charge in [0.2, 0.25) is 10.0 Å². The predicted molar refractivity (Wildman–Crippen MR) is 114 cm³/mol. The van der Waals surface area contributed by atoms with Crippen LogP contribution in [0.25, 0.3) is 0 Å². The molecule has 2 rings (SSSR count). The molecule has 0 spiro atoms. The summed E-state index contributed by atoms with van der Waals surface area (Å²) in [4.78, 5) is 17.4. The Hall–Kier alpha value is -1.60. The highest BCUT2D eigenvalue weighted by molar-refractivity contribution is 7.89. The highest BCUT2D eigenvalue weighted by Gasteiger charge is 2.28. The van der Waals surface area contributed by atoms with Crippen molar-refractivity contribution >= 4 is 21.6 Å². The van der Waals surface area contributed by atoms with E-state index in [1.165, 1.54) is 4.31 Å². The van der Waals surface area contributed by atoms with Crippen molar-refractivity contribution in [1.82, 2.24) is 9.21 Å². The average Bonchev–Trinajstić information content (AvgIpc) is 2.69. The van der Waals surface area contributed by atoms with E-state index in [-0.39, 0.29) is 10.8 Å². The predicted octanol–water partition coefficient (Wildman–Crippen LogP) is 3.44. The van der Waals surface area contributed by atoms with Gasteiger partial charge in [0.25, 0.3) is 5.91 Å². The van der Waals surface area contributed by atoms with Gasteiger partial charge in [-0.25, -0.2) is 8.42 Å². The Morgan fingerprint density at radius 1 is 1.04 bits per heavy atom. The number of hydrogen-bond acceptors (Lipinski definition) is 4. The molecule has 1 aliphatic heterocycles. The summed E-state index contributed by atoms with van der Waals surface area (Å²) < 4.78 is 27.4. The van der Waals surface area contributed by atoms with Gasteiger partial charge in [0.05, 0.1) is 10.5 Å². The molecule has 0 aliphatic carbocycles. The monoisotopic (exact) mass is 409 g/mol. The first kappa shape index (κ1) is 22.7. The summed E-state index contributed by atoms with van der Waals surface area (Å²) in [6.45, 7) is 13.6. The number of carbonyl (C=O) groups excluding carboxylic acids is 1. The van der Waals surface area contributed by atoms with Gasteiger partial charge < -0.3 is 9.80 Å². The number of benzene rings is 1. The van der Waals surface area contributed by atoms with Crippen molar-refractivity contribution in [2.24, 2.45) is 5.92 Å². The topological polar surface area (TPSA) is 60.9 Å².